The van der Waals surface area contributed by atoms with Crippen LogP contribution in [0.25, 0.3) is 0 Å². The number of thioether (sulfide) groups is 1. The number of para-hydroxylation sites is 1. The van der Waals surface area contributed by atoms with Gasteiger partial charge in [-0.1, -0.05) is 55.4 Å². The molecule has 120 valence electrons. The number of anilines is 1. The number of benzene rings is 1. The highest BCUT2D eigenvalue weighted by Crippen LogP contribution is 2.34. The second-order valence-corrected chi connectivity index (χ2v) is 7.56. The van der Waals surface area contributed by atoms with E-state index < -0.39 is 0 Å². The Morgan fingerprint density at radius 3 is 2.74 bits per heavy atom. The fourth-order valence-corrected chi connectivity index (χ4v) is 3.89. The number of hydrogen-bond acceptors (Lipinski definition) is 3. The molecule has 0 aliphatic carbocycles. The molecule has 0 fully saturated rings. The summed E-state index contributed by atoms with van der Waals surface area (Å²) in [6.07, 6.45) is 2.55. The number of pyridine rings is 1. The third-order valence-corrected chi connectivity index (χ3v) is 5.66. The summed E-state index contributed by atoms with van der Waals surface area (Å²) in [5, 5.41) is 1.28. The molecular formula is C18H19ClN2OS. The maximum Gasteiger partial charge on any atom is 0.240 e. The molecule has 1 aromatic heterocycles. The highest BCUT2D eigenvalue weighted by Gasteiger charge is 2.32. The van der Waals surface area contributed by atoms with E-state index >= 15 is 0 Å². The van der Waals surface area contributed by atoms with E-state index in [1.54, 1.807) is 6.20 Å². The SMILES string of the molecule is CC(C)C(Sc1ccc(Cl)cn1)C(=O)N1CCc2ccccc21. The van der Waals surface area contributed by atoms with Gasteiger partial charge >= 0.3 is 0 Å². The van der Waals surface area contributed by atoms with Crippen molar-refractivity contribution < 1.29 is 4.79 Å². The molecule has 1 aliphatic rings. The van der Waals surface area contributed by atoms with Crippen molar-refractivity contribution in [2.24, 2.45) is 5.92 Å². The van der Waals surface area contributed by atoms with Crippen LogP contribution in [0.1, 0.15) is 19.4 Å². The van der Waals surface area contributed by atoms with Crippen molar-refractivity contribution in [2.45, 2.75) is 30.5 Å². The van der Waals surface area contributed by atoms with E-state index in [-0.39, 0.29) is 17.1 Å². The van der Waals surface area contributed by atoms with E-state index in [4.69, 9.17) is 11.6 Å². The van der Waals surface area contributed by atoms with E-state index in [2.05, 4.69) is 24.9 Å². The van der Waals surface area contributed by atoms with Crippen molar-refractivity contribution in [3.63, 3.8) is 0 Å². The lowest BCUT2D eigenvalue weighted by molar-refractivity contribution is -0.118. The number of nitrogens with zero attached hydrogens (tertiary/aromatic N) is 2. The Balaban J connectivity index is 1.81. The summed E-state index contributed by atoms with van der Waals surface area (Å²) in [6.45, 7) is 4.91. The number of rotatable bonds is 4. The quantitative estimate of drug-likeness (QED) is 0.767. The number of hydrogen-bond donors (Lipinski definition) is 0. The van der Waals surface area contributed by atoms with Gasteiger partial charge in [0, 0.05) is 18.4 Å². The van der Waals surface area contributed by atoms with Crippen LogP contribution in [0, 0.1) is 5.92 Å². The molecule has 1 amide bonds. The highest BCUT2D eigenvalue weighted by molar-refractivity contribution is 8.00. The Hall–Kier alpha value is -1.52. The second-order valence-electron chi connectivity index (χ2n) is 5.97. The van der Waals surface area contributed by atoms with Gasteiger partial charge in [-0.25, -0.2) is 4.98 Å². The van der Waals surface area contributed by atoms with Crippen molar-refractivity contribution in [3.05, 3.63) is 53.2 Å². The molecule has 0 saturated carbocycles. The Morgan fingerprint density at radius 1 is 1.26 bits per heavy atom. The standard InChI is InChI=1S/C18H19ClN2OS/c1-12(2)17(23-16-8-7-14(19)11-20-16)18(22)21-10-9-13-5-3-4-6-15(13)21/h3-8,11-12,17H,9-10H2,1-2H3. The Kier molecular flexibility index (Phi) is 4.93. The molecular weight excluding hydrogens is 328 g/mol. The van der Waals surface area contributed by atoms with Crippen molar-refractivity contribution >= 4 is 35.0 Å². The lowest BCUT2D eigenvalue weighted by atomic mass is 10.1. The van der Waals surface area contributed by atoms with E-state index in [1.807, 2.05) is 35.2 Å². The summed E-state index contributed by atoms with van der Waals surface area (Å²) in [4.78, 5) is 19.3. The zero-order chi connectivity index (χ0) is 16.4. The molecule has 0 saturated heterocycles. The molecule has 2 heterocycles. The van der Waals surface area contributed by atoms with Crippen LogP contribution < -0.4 is 4.90 Å². The molecule has 1 aliphatic heterocycles. The normalized spacial score (nSPS) is 14.9. The van der Waals surface area contributed by atoms with E-state index in [0.29, 0.717) is 5.02 Å². The molecule has 0 bridgehead atoms. The molecule has 1 atom stereocenters. The lowest BCUT2D eigenvalue weighted by Gasteiger charge is -2.26. The van der Waals surface area contributed by atoms with Gasteiger partial charge in [-0.2, -0.15) is 0 Å². The van der Waals surface area contributed by atoms with Gasteiger partial charge in [0.2, 0.25) is 5.91 Å². The first-order valence-corrected chi connectivity index (χ1v) is 8.99. The number of halogens is 1. The van der Waals surface area contributed by atoms with E-state index in [0.717, 1.165) is 23.7 Å². The predicted molar refractivity (Wildman–Crippen MR) is 96.2 cm³/mol. The summed E-state index contributed by atoms with van der Waals surface area (Å²) in [5.41, 5.74) is 2.30. The van der Waals surface area contributed by atoms with Crippen molar-refractivity contribution in [1.82, 2.24) is 4.98 Å². The smallest absolute Gasteiger partial charge is 0.240 e. The van der Waals surface area contributed by atoms with E-state index in [1.165, 1.54) is 17.3 Å². The number of fused-ring (bicyclic) bond motifs is 1. The van der Waals surface area contributed by atoms with Crippen LogP contribution >= 0.6 is 23.4 Å². The molecule has 0 N–H and O–H groups in total. The zero-order valence-electron chi connectivity index (χ0n) is 13.2. The fourth-order valence-electron chi connectivity index (χ4n) is 2.75. The third kappa shape index (κ3) is 3.54. The van der Waals surface area contributed by atoms with Crippen LogP contribution in [0.5, 0.6) is 0 Å². The monoisotopic (exact) mass is 346 g/mol. The minimum absolute atomic E-state index is 0.158. The van der Waals surface area contributed by atoms with Gasteiger partial charge < -0.3 is 4.90 Å². The van der Waals surface area contributed by atoms with Crippen molar-refractivity contribution in [1.29, 1.82) is 0 Å². The minimum Gasteiger partial charge on any atom is -0.311 e. The first-order valence-electron chi connectivity index (χ1n) is 7.74. The van der Waals surface area contributed by atoms with Gasteiger partial charge in [-0.3, -0.25) is 4.79 Å². The number of carbonyl (C=O) groups is 1. The maximum absolute atomic E-state index is 13.1. The van der Waals surface area contributed by atoms with Gasteiger partial charge in [0.15, 0.2) is 0 Å². The first-order chi connectivity index (χ1) is 11.1. The van der Waals surface area contributed by atoms with Crippen LogP contribution in [0.2, 0.25) is 5.02 Å². The number of amides is 1. The number of aromatic nitrogens is 1. The largest absolute Gasteiger partial charge is 0.311 e. The maximum atomic E-state index is 13.1. The van der Waals surface area contributed by atoms with Gasteiger partial charge in [0.25, 0.3) is 0 Å². The summed E-state index contributed by atoms with van der Waals surface area (Å²) in [7, 11) is 0. The minimum atomic E-state index is -0.158. The molecule has 23 heavy (non-hydrogen) atoms. The molecule has 0 radical (unpaired) electrons. The van der Waals surface area contributed by atoms with Crippen molar-refractivity contribution in [2.75, 3.05) is 11.4 Å². The van der Waals surface area contributed by atoms with Crippen LogP contribution in [0.4, 0.5) is 5.69 Å². The van der Waals surface area contributed by atoms with Gasteiger partial charge in [-0.15, -0.1) is 0 Å². The van der Waals surface area contributed by atoms with Gasteiger partial charge in [-0.05, 0) is 36.1 Å². The summed E-state index contributed by atoms with van der Waals surface area (Å²) in [5.74, 6) is 0.379. The predicted octanol–water partition coefficient (Wildman–Crippen LogP) is 4.44. The average molecular weight is 347 g/mol. The topological polar surface area (TPSA) is 33.2 Å². The first kappa shape index (κ1) is 16.3. The van der Waals surface area contributed by atoms with Crippen molar-refractivity contribution in [3.8, 4) is 0 Å². The summed E-state index contributed by atoms with van der Waals surface area (Å²) < 4.78 is 0. The molecule has 1 aromatic carbocycles. The average Bonchev–Trinajstić information content (AvgIpc) is 2.97. The highest BCUT2D eigenvalue weighted by atomic mass is 35.5. The van der Waals surface area contributed by atoms with Gasteiger partial charge in [0.05, 0.1) is 15.3 Å². The molecule has 1 unspecified atom stereocenters. The summed E-state index contributed by atoms with van der Waals surface area (Å²) in [6, 6.07) is 11.8. The Labute approximate surface area is 146 Å². The molecule has 3 rings (SSSR count). The number of carbonyl (C=O) groups excluding carboxylic acids is 1. The summed E-state index contributed by atoms with van der Waals surface area (Å²) >= 11 is 7.40. The Morgan fingerprint density at radius 2 is 2.04 bits per heavy atom. The van der Waals surface area contributed by atoms with Crippen LogP contribution in [-0.4, -0.2) is 22.7 Å². The molecule has 0 spiro atoms. The van der Waals surface area contributed by atoms with Crippen LogP contribution in [-0.2, 0) is 11.2 Å². The lowest BCUT2D eigenvalue weighted by Crippen LogP contribution is -2.39. The zero-order valence-corrected chi connectivity index (χ0v) is 14.8. The fraction of sp³-hybridized carbons (Fsp3) is 0.333. The second kappa shape index (κ2) is 6.93. The third-order valence-electron chi connectivity index (χ3n) is 3.95. The Bertz CT molecular complexity index is 702. The van der Waals surface area contributed by atoms with Crippen LogP contribution in [0.3, 0.4) is 0 Å². The van der Waals surface area contributed by atoms with Gasteiger partial charge in [0.1, 0.15) is 0 Å². The van der Waals surface area contributed by atoms with Crippen LogP contribution in [0.15, 0.2) is 47.6 Å². The molecule has 3 nitrogen and oxygen atoms in total. The molecule has 5 heteroatoms. The molecule has 2 aromatic rings. The van der Waals surface area contributed by atoms with E-state index in [9.17, 15) is 4.79 Å².